The summed E-state index contributed by atoms with van der Waals surface area (Å²) in [6, 6.07) is 9.03. The molecule has 2 aromatic rings. The zero-order valence-corrected chi connectivity index (χ0v) is 12.2. The molecule has 106 valence electrons. The van der Waals surface area contributed by atoms with Gasteiger partial charge in [-0.15, -0.1) is 10.2 Å². The van der Waals surface area contributed by atoms with Crippen LogP contribution in [0.3, 0.4) is 0 Å². The molecular formula is C16H22N4. The van der Waals surface area contributed by atoms with Gasteiger partial charge in [0.2, 0.25) is 0 Å². The lowest BCUT2D eigenvalue weighted by Crippen LogP contribution is -2.37. The van der Waals surface area contributed by atoms with Crippen LogP contribution in [0.4, 0.5) is 5.69 Å². The largest absolute Gasteiger partial charge is 0.382 e. The minimum Gasteiger partial charge on any atom is -0.382 e. The average Bonchev–Trinajstić information content (AvgIpc) is 2.98. The van der Waals surface area contributed by atoms with Gasteiger partial charge in [0.05, 0.1) is 5.69 Å². The predicted octanol–water partition coefficient (Wildman–Crippen LogP) is 3.50. The summed E-state index contributed by atoms with van der Waals surface area (Å²) < 4.78 is 1.93. The lowest BCUT2D eigenvalue weighted by Gasteiger charge is -2.36. The van der Waals surface area contributed by atoms with E-state index in [1.807, 2.05) is 4.57 Å². The van der Waals surface area contributed by atoms with Crippen molar-refractivity contribution >= 4 is 5.69 Å². The van der Waals surface area contributed by atoms with Crippen molar-refractivity contribution in [3.63, 3.8) is 0 Å². The van der Waals surface area contributed by atoms with Gasteiger partial charge < -0.3 is 5.32 Å². The molecule has 4 heteroatoms. The van der Waals surface area contributed by atoms with Crippen LogP contribution in [-0.4, -0.2) is 20.8 Å². The Morgan fingerprint density at radius 3 is 2.50 bits per heavy atom. The third-order valence-corrected chi connectivity index (χ3v) is 4.44. The summed E-state index contributed by atoms with van der Waals surface area (Å²) in [6.45, 7) is 4.72. The maximum Gasteiger partial charge on any atom is 0.123 e. The Morgan fingerprint density at radius 1 is 1.10 bits per heavy atom. The van der Waals surface area contributed by atoms with Crippen LogP contribution in [0.5, 0.6) is 0 Å². The summed E-state index contributed by atoms with van der Waals surface area (Å²) in [7, 11) is 0. The van der Waals surface area contributed by atoms with Crippen LogP contribution in [0.1, 0.15) is 33.1 Å². The Labute approximate surface area is 120 Å². The molecule has 1 aromatic heterocycles. The molecule has 3 rings (SSSR count). The second-order valence-electron chi connectivity index (χ2n) is 5.98. The van der Waals surface area contributed by atoms with Gasteiger partial charge in [0.1, 0.15) is 12.7 Å². The smallest absolute Gasteiger partial charge is 0.123 e. The molecule has 0 saturated heterocycles. The van der Waals surface area contributed by atoms with Gasteiger partial charge in [0.15, 0.2) is 0 Å². The zero-order valence-electron chi connectivity index (χ0n) is 12.2. The maximum absolute atomic E-state index is 3.86. The van der Waals surface area contributed by atoms with Crippen molar-refractivity contribution in [1.29, 1.82) is 0 Å². The summed E-state index contributed by atoms with van der Waals surface area (Å²) in [5.41, 5.74) is 2.28. The second-order valence-corrected chi connectivity index (χ2v) is 5.98. The van der Waals surface area contributed by atoms with E-state index in [0.29, 0.717) is 6.04 Å². The van der Waals surface area contributed by atoms with E-state index in [1.54, 1.807) is 12.7 Å². The lowest BCUT2D eigenvalue weighted by atomic mass is 9.78. The minimum atomic E-state index is 0.569. The fraction of sp³-hybridized carbons (Fsp3) is 0.500. The van der Waals surface area contributed by atoms with Crippen molar-refractivity contribution < 1.29 is 0 Å². The van der Waals surface area contributed by atoms with E-state index in [4.69, 9.17) is 0 Å². The molecule has 1 aliphatic carbocycles. The number of hydrogen-bond donors (Lipinski definition) is 1. The Balaban J connectivity index is 1.79. The number of aromatic nitrogens is 3. The van der Waals surface area contributed by atoms with E-state index in [2.05, 4.69) is 53.6 Å². The predicted molar refractivity (Wildman–Crippen MR) is 80.9 cm³/mol. The Hall–Kier alpha value is -1.84. The molecule has 1 N–H and O–H groups in total. The maximum atomic E-state index is 3.86. The molecule has 2 unspecified atom stereocenters. The van der Waals surface area contributed by atoms with Crippen molar-refractivity contribution in [2.75, 3.05) is 5.32 Å². The molecule has 1 fully saturated rings. The summed E-state index contributed by atoms with van der Waals surface area (Å²) in [4.78, 5) is 0. The molecule has 1 aromatic carbocycles. The van der Waals surface area contributed by atoms with Gasteiger partial charge >= 0.3 is 0 Å². The van der Waals surface area contributed by atoms with Crippen LogP contribution < -0.4 is 5.32 Å². The molecule has 4 nitrogen and oxygen atoms in total. The van der Waals surface area contributed by atoms with Crippen LogP contribution in [0.2, 0.25) is 0 Å². The van der Waals surface area contributed by atoms with E-state index in [9.17, 15) is 0 Å². The number of benzene rings is 1. The van der Waals surface area contributed by atoms with Crippen molar-refractivity contribution in [3.8, 4) is 5.69 Å². The number of rotatable bonds is 3. The average molecular weight is 270 g/mol. The third-order valence-electron chi connectivity index (χ3n) is 4.44. The highest BCUT2D eigenvalue weighted by molar-refractivity contribution is 5.51. The number of hydrogen-bond acceptors (Lipinski definition) is 3. The van der Waals surface area contributed by atoms with Gasteiger partial charge in [-0.1, -0.05) is 26.3 Å². The molecule has 0 aliphatic heterocycles. The first-order valence-corrected chi connectivity index (χ1v) is 7.45. The quantitative estimate of drug-likeness (QED) is 0.928. The van der Waals surface area contributed by atoms with Crippen LogP contribution in [0.15, 0.2) is 36.9 Å². The topological polar surface area (TPSA) is 42.7 Å². The lowest BCUT2D eigenvalue weighted by molar-refractivity contribution is 0.268. The summed E-state index contributed by atoms with van der Waals surface area (Å²) in [5.74, 6) is 1.47. The van der Waals surface area contributed by atoms with Gasteiger partial charge in [-0.2, -0.15) is 0 Å². The summed E-state index contributed by atoms with van der Waals surface area (Å²) in [6.07, 6.45) is 7.47. The molecule has 1 aliphatic rings. The van der Waals surface area contributed by atoms with E-state index < -0.39 is 0 Å². The van der Waals surface area contributed by atoms with Crippen molar-refractivity contribution in [1.82, 2.24) is 14.8 Å². The van der Waals surface area contributed by atoms with Crippen LogP contribution in [-0.2, 0) is 0 Å². The highest BCUT2D eigenvalue weighted by Gasteiger charge is 2.27. The standard InChI is InChI=1S/C16H22N4/c1-12-5-3-6-13(2)16(12)19-14-7-4-8-15(9-14)20-10-17-18-11-20/h4,7-13,16,19H,3,5-6H2,1-2H3. The van der Waals surface area contributed by atoms with Crippen LogP contribution in [0.25, 0.3) is 5.69 Å². The molecule has 1 heterocycles. The second kappa shape index (κ2) is 5.65. The van der Waals surface area contributed by atoms with E-state index in [1.165, 1.54) is 24.9 Å². The SMILES string of the molecule is CC1CCCC(C)C1Nc1cccc(-n2cnnc2)c1. The van der Waals surface area contributed by atoms with Crippen LogP contribution in [0, 0.1) is 11.8 Å². The van der Waals surface area contributed by atoms with E-state index in [-0.39, 0.29) is 0 Å². The third kappa shape index (κ3) is 2.69. The summed E-state index contributed by atoms with van der Waals surface area (Å²) >= 11 is 0. The Morgan fingerprint density at radius 2 is 1.80 bits per heavy atom. The molecule has 20 heavy (non-hydrogen) atoms. The molecule has 2 atom stereocenters. The van der Waals surface area contributed by atoms with Crippen molar-refractivity contribution in [2.45, 2.75) is 39.2 Å². The minimum absolute atomic E-state index is 0.569. The normalized spacial score (nSPS) is 26.4. The number of nitrogens with one attached hydrogen (secondary N) is 1. The van der Waals surface area contributed by atoms with Crippen molar-refractivity contribution in [2.24, 2.45) is 11.8 Å². The molecular weight excluding hydrogens is 248 g/mol. The number of anilines is 1. The Bertz CT molecular complexity index is 539. The van der Waals surface area contributed by atoms with Gasteiger partial charge in [0.25, 0.3) is 0 Å². The van der Waals surface area contributed by atoms with Gasteiger partial charge in [-0.25, -0.2) is 0 Å². The first-order valence-electron chi connectivity index (χ1n) is 7.45. The molecule has 1 saturated carbocycles. The molecule has 0 radical (unpaired) electrons. The van der Waals surface area contributed by atoms with Crippen LogP contribution >= 0.6 is 0 Å². The highest BCUT2D eigenvalue weighted by Crippen LogP contribution is 2.31. The number of nitrogens with zero attached hydrogens (tertiary/aromatic N) is 3. The fourth-order valence-corrected chi connectivity index (χ4v) is 3.25. The van der Waals surface area contributed by atoms with Gasteiger partial charge in [-0.05, 0) is 42.9 Å². The highest BCUT2D eigenvalue weighted by atomic mass is 15.2. The molecule has 0 spiro atoms. The van der Waals surface area contributed by atoms with Gasteiger partial charge in [-0.3, -0.25) is 4.57 Å². The van der Waals surface area contributed by atoms with Gasteiger partial charge in [0, 0.05) is 11.7 Å². The van der Waals surface area contributed by atoms with E-state index >= 15 is 0 Å². The monoisotopic (exact) mass is 270 g/mol. The van der Waals surface area contributed by atoms with Crippen molar-refractivity contribution in [3.05, 3.63) is 36.9 Å². The summed E-state index contributed by atoms with van der Waals surface area (Å²) in [5, 5.41) is 11.4. The van der Waals surface area contributed by atoms with E-state index in [0.717, 1.165) is 17.5 Å². The Kier molecular flexibility index (Phi) is 3.72. The first kappa shape index (κ1) is 13.2. The zero-order chi connectivity index (χ0) is 13.9. The first-order chi connectivity index (χ1) is 9.74. The fourth-order valence-electron chi connectivity index (χ4n) is 3.25. The molecule has 0 amide bonds. The molecule has 0 bridgehead atoms.